The molecule has 2 aromatic rings. The van der Waals surface area contributed by atoms with Crippen molar-refractivity contribution >= 4 is 34.5 Å². The van der Waals surface area contributed by atoms with Crippen LogP contribution in [0.1, 0.15) is 40.5 Å². The van der Waals surface area contributed by atoms with E-state index in [9.17, 15) is 14.4 Å². The smallest absolute Gasteiger partial charge is 0.325 e. The number of aromatic nitrogens is 2. The van der Waals surface area contributed by atoms with Gasteiger partial charge in [-0.25, -0.2) is 4.98 Å². The van der Waals surface area contributed by atoms with Gasteiger partial charge in [-0.2, -0.15) is 0 Å². The molecule has 2 rings (SSSR count). The molecule has 1 aromatic carbocycles. The summed E-state index contributed by atoms with van der Waals surface area (Å²) in [4.78, 5) is 44.1. The molecule has 0 fully saturated rings. The molecule has 0 saturated carbocycles. The fourth-order valence-corrected chi connectivity index (χ4v) is 3.98. The maximum Gasteiger partial charge on any atom is 0.325 e. The first kappa shape index (κ1) is 22.9. The first-order valence-corrected chi connectivity index (χ1v) is 10.8. The molecule has 0 N–H and O–H groups in total. The van der Waals surface area contributed by atoms with Gasteiger partial charge >= 0.3 is 5.97 Å². The minimum Gasteiger partial charge on any atom is -0.468 e. The van der Waals surface area contributed by atoms with Crippen molar-refractivity contribution in [1.29, 1.82) is 0 Å². The fourth-order valence-electron chi connectivity index (χ4n) is 3.11. The summed E-state index contributed by atoms with van der Waals surface area (Å²) in [5, 5.41) is 0.758. The highest BCUT2D eigenvalue weighted by atomic mass is 32.2. The number of fused-ring (bicyclic) bond motifs is 1. The van der Waals surface area contributed by atoms with Crippen LogP contribution in [0.15, 0.2) is 34.2 Å². The second-order valence-corrected chi connectivity index (χ2v) is 7.93. The molecule has 8 heteroatoms. The summed E-state index contributed by atoms with van der Waals surface area (Å²) in [6, 6.07) is 7.22. The number of thioether (sulfide) groups is 1. The monoisotopic (exact) mass is 419 g/mol. The molecule has 0 spiro atoms. The van der Waals surface area contributed by atoms with Crippen LogP contribution in [0.5, 0.6) is 0 Å². The highest BCUT2D eigenvalue weighted by Crippen LogP contribution is 2.21. The molecule has 0 aliphatic carbocycles. The standard InChI is InChI=1S/C21H29N3O4S/c1-6-14(3)24(15(4)7-2)18(25)13-29-21-22-17-11-9-8-10-16(17)20(27)23(21)12-19(26)28-5/h8-11,14-15H,6-7,12-13H2,1-5H3/t14-,15-/m0/s1. The molecular formula is C21H29N3O4S. The van der Waals surface area contributed by atoms with E-state index in [2.05, 4.69) is 18.8 Å². The number of hydrogen-bond donors (Lipinski definition) is 0. The maximum atomic E-state index is 13.0. The van der Waals surface area contributed by atoms with Gasteiger partial charge in [-0.05, 0) is 38.8 Å². The SMILES string of the molecule is CC[C@H](C)N(C(=O)CSc1nc2ccccc2c(=O)n1CC(=O)OC)[C@@H](C)CC. The summed E-state index contributed by atoms with van der Waals surface area (Å²) < 4.78 is 6.00. The molecule has 29 heavy (non-hydrogen) atoms. The van der Waals surface area contributed by atoms with Crippen LogP contribution in [0.4, 0.5) is 0 Å². The van der Waals surface area contributed by atoms with Crippen molar-refractivity contribution in [2.45, 2.75) is 64.3 Å². The largest absolute Gasteiger partial charge is 0.468 e. The van der Waals surface area contributed by atoms with Crippen molar-refractivity contribution in [2.75, 3.05) is 12.9 Å². The Kier molecular flexibility index (Phi) is 8.25. The summed E-state index contributed by atoms with van der Waals surface area (Å²) >= 11 is 1.17. The maximum absolute atomic E-state index is 13.0. The molecule has 1 heterocycles. The Bertz CT molecular complexity index is 918. The lowest BCUT2D eigenvalue weighted by Crippen LogP contribution is -2.45. The lowest BCUT2D eigenvalue weighted by molar-refractivity contribution is -0.141. The summed E-state index contributed by atoms with van der Waals surface area (Å²) in [5.74, 6) is -0.412. The Morgan fingerprint density at radius 3 is 2.38 bits per heavy atom. The molecule has 7 nitrogen and oxygen atoms in total. The van der Waals surface area contributed by atoms with Gasteiger partial charge in [0.15, 0.2) is 5.16 Å². The van der Waals surface area contributed by atoms with Crippen molar-refractivity contribution in [2.24, 2.45) is 0 Å². The second-order valence-electron chi connectivity index (χ2n) is 6.98. The zero-order valence-corrected chi connectivity index (χ0v) is 18.5. The Morgan fingerprint density at radius 1 is 1.17 bits per heavy atom. The molecule has 0 aliphatic rings. The number of ether oxygens (including phenoxy) is 1. The van der Waals surface area contributed by atoms with Gasteiger partial charge < -0.3 is 9.64 Å². The van der Waals surface area contributed by atoms with Crippen molar-refractivity contribution in [1.82, 2.24) is 14.5 Å². The number of carbonyl (C=O) groups is 2. The molecule has 1 aromatic heterocycles. The van der Waals surface area contributed by atoms with Gasteiger partial charge in [0.05, 0.1) is 23.8 Å². The number of nitrogens with zero attached hydrogens (tertiary/aromatic N) is 3. The van der Waals surface area contributed by atoms with E-state index < -0.39 is 5.97 Å². The van der Waals surface area contributed by atoms with Crippen LogP contribution in [-0.4, -0.2) is 51.3 Å². The first-order chi connectivity index (χ1) is 13.8. The molecule has 0 unspecified atom stereocenters. The highest BCUT2D eigenvalue weighted by molar-refractivity contribution is 7.99. The summed E-state index contributed by atoms with van der Waals surface area (Å²) in [6.07, 6.45) is 1.73. The van der Waals surface area contributed by atoms with E-state index >= 15 is 0 Å². The van der Waals surface area contributed by atoms with Gasteiger partial charge in [-0.15, -0.1) is 0 Å². The molecule has 0 aliphatic heterocycles. The van der Waals surface area contributed by atoms with Gasteiger partial charge in [-0.3, -0.25) is 19.0 Å². The number of carbonyl (C=O) groups excluding carboxylic acids is 2. The molecule has 158 valence electrons. The third kappa shape index (κ3) is 5.38. The number of para-hydroxylation sites is 1. The van der Waals surface area contributed by atoms with Crippen molar-refractivity contribution in [3.63, 3.8) is 0 Å². The zero-order valence-electron chi connectivity index (χ0n) is 17.7. The van der Waals surface area contributed by atoms with Crippen molar-refractivity contribution in [3.05, 3.63) is 34.6 Å². The number of benzene rings is 1. The molecule has 0 radical (unpaired) electrons. The van der Waals surface area contributed by atoms with Crippen LogP contribution >= 0.6 is 11.8 Å². The Balaban J connectivity index is 2.36. The number of esters is 1. The molecular weight excluding hydrogens is 390 g/mol. The highest BCUT2D eigenvalue weighted by Gasteiger charge is 2.24. The molecule has 2 atom stereocenters. The van der Waals surface area contributed by atoms with Crippen LogP contribution in [0.3, 0.4) is 0 Å². The van der Waals surface area contributed by atoms with Gasteiger partial charge in [-0.1, -0.05) is 37.7 Å². The number of amides is 1. The third-order valence-corrected chi connectivity index (χ3v) is 6.05. The lowest BCUT2D eigenvalue weighted by atomic mass is 10.1. The summed E-state index contributed by atoms with van der Waals surface area (Å²) in [6.45, 7) is 7.94. The van der Waals surface area contributed by atoms with Crippen LogP contribution in [0.2, 0.25) is 0 Å². The number of methoxy groups -OCH3 is 1. The van der Waals surface area contributed by atoms with Crippen molar-refractivity contribution in [3.8, 4) is 0 Å². The van der Waals surface area contributed by atoms with Gasteiger partial charge in [0.25, 0.3) is 5.56 Å². The first-order valence-electron chi connectivity index (χ1n) is 9.84. The Labute approximate surface area is 175 Å². The van der Waals surface area contributed by atoms with E-state index in [0.717, 1.165) is 12.8 Å². The summed E-state index contributed by atoms with van der Waals surface area (Å²) in [5.41, 5.74) is 0.214. The summed E-state index contributed by atoms with van der Waals surface area (Å²) in [7, 11) is 1.27. The Hall–Kier alpha value is -2.35. The predicted molar refractivity (Wildman–Crippen MR) is 115 cm³/mol. The molecule has 0 saturated heterocycles. The topological polar surface area (TPSA) is 81.5 Å². The Morgan fingerprint density at radius 2 is 1.79 bits per heavy atom. The van der Waals surface area contributed by atoms with Gasteiger partial charge in [0, 0.05) is 12.1 Å². The van der Waals surface area contributed by atoms with E-state index in [1.54, 1.807) is 24.3 Å². The van der Waals surface area contributed by atoms with E-state index in [1.807, 2.05) is 18.7 Å². The average Bonchev–Trinajstić information content (AvgIpc) is 2.73. The van der Waals surface area contributed by atoms with Gasteiger partial charge in [0.2, 0.25) is 5.91 Å². The minimum absolute atomic E-state index is 0.00859. The average molecular weight is 420 g/mol. The minimum atomic E-state index is -0.543. The van der Waals surface area contributed by atoms with E-state index in [0.29, 0.717) is 16.1 Å². The number of rotatable bonds is 9. The second kappa shape index (κ2) is 10.4. The van der Waals surface area contributed by atoms with Crippen molar-refractivity contribution < 1.29 is 14.3 Å². The quantitative estimate of drug-likeness (QED) is 0.353. The normalized spacial score (nSPS) is 13.1. The van der Waals surface area contributed by atoms with Crippen LogP contribution in [0.25, 0.3) is 10.9 Å². The third-order valence-electron chi connectivity index (χ3n) is 5.09. The predicted octanol–water partition coefficient (Wildman–Crippen LogP) is 3.09. The van der Waals surface area contributed by atoms with Crippen LogP contribution in [0, 0.1) is 0 Å². The molecule has 0 bridgehead atoms. The van der Waals surface area contributed by atoms with E-state index in [1.165, 1.54) is 23.4 Å². The van der Waals surface area contributed by atoms with E-state index in [-0.39, 0.29) is 35.8 Å². The van der Waals surface area contributed by atoms with Gasteiger partial charge in [0.1, 0.15) is 6.54 Å². The fraction of sp³-hybridized carbons (Fsp3) is 0.524. The van der Waals surface area contributed by atoms with Crippen LogP contribution < -0.4 is 5.56 Å². The zero-order chi connectivity index (χ0) is 21.6. The molecule has 1 amide bonds. The van der Waals surface area contributed by atoms with E-state index in [4.69, 9.17) is 4.74 Å². The number of hydrogen-bond acceptors (Lipinski definition) is 6. The lowest BCUT2D eigenvalue weighted by Gasteiger charge is -2.34. The van der Waals surface area contributed by atoms with Crippen LogP contribution in [-0.2, 0) is 20.9 Å².